The van der Waals surface area contributed by atoms with E-state index < -0.39 is 0 Å². The van der Waals surface area contributed by atoms with Crippen LogP contribution in [-0.4, -0.2) is 4.57 Å². The maximum absolute atomic E-state index is 10.8. The van der Waals surface area contributed by atoms with Gasteiger partial charge in [-0.15, -0.1) is 0 Å². The average Bonchev–Trinajstić information content (AvgIpc) is 2.33. The maximum atomic E-state index is 10.8. The van der Waals surface area contributed by atoms with Crippen molar-refractivity contribution in [3.05, 3.63) is 34.7 Å². The van der Waals surface area contributed by atoms with Crippen molar-refractivity contribution < 1.29 is 0 Å². The van der Waals surface area contributed by atoms with Crippen molar-refractivity contribution in [3.63, 3.8) is 0 Å². The van der Waals surface area contributed by atoms with Crippen molar-refractivity contribution in [2.24, 2.45) is 0 Å². The van der Waals surface area contributed by atoms with Crippen molar-refractivity contribution in [2.45, 2.75) is 52.0 Å². The molecule has 1 aromatic heterocycles. The van der Waals surface area contributed by atoms with Gasteiger partial charge in [0.05, 0.1) is 0 Å². The lowest BCUT2D eigenvalue weighted by Crippen LogP contribution is -2.15. The Morgan fingerprint density at radius 1 is 1.07 bits per heavy atom. The molecule has 1 aliphatic carbocycles. The molecule has 0 atom stereocenters. The molecule has 84 valence electrons. The normalized spacial score (nSPS) is 15.3. The molecule has 0 saturated heterocycles. The first-order valence-electron chi connectivity index (χ1n) is 6.00. The molecule has 0 spiro atoms. The summed E-state index contributed by atoms with van der Waals surface area (Å²) >= 11 is 0. The van der Waals surface area contributed by atoms with Gasteiger partial charge in [-0.1, -0.05) is 44.6 Å². The van der Waals surface area contributed by atoms with Gasteiger partial charge in [0.15, 0.2) is 0 Å². The largest absolute Gasteiger partial charge is 0.316 e. The van der Waals surface area contributed by atoms with E-state index in [4.69, 9.17) is 0 Å². The second-order valence-corrected chi connectivity index (χ2v) is 3.95. The van der Waals surface area contributed by atoms with Crippen LogP contribution < -0.4 is 5.56 Å². The molecule has 0 aromatic carbocycles. The van der Waals surface area contributed by atoms with E-state index in [1.807, 2.05) is 13.0 Å². The van der Waals surface area contributed by atoms with Crippen LogP contribution in [-0.2, 0) is 6.54 Å². The van der Waals surface area contributed by atoms with E-state index in [1.165, 1.54) is 38.5 Å². The number of hydrogen-bond acceptors (Lipinski definition) is 1. The van der Waals surface area contributed by atoms with Gasteiger partial charge in [0, 0.05) is 18.8 Å². The first kappa shape index (κ1) is 12.0. The predicted molar refractivity (Wildman–Crippen MR) is 64.1 cm³/mol. The molecule has 1 fully saturated rings. The zero-order chi connectivity index (χ0) is 10.9. The Labute approximate surface area is 91.9 Å². The van der Waals surface area contributed by atoms with E-state index in [9.17, 15) is 4.79 Å². The lowest BCUT2D eigenvalue weighted by molar-refractivity contribution is 0.504. The highest BCUT2D eigenvalue weighted by atomic mass is 16.1. The molecule has 0 N–H and O–H groups in total. The summed E-state index contributed by atoms with van der Waals surface area (Å²) in [5.41, 5.74) is 0.0694. The van der Waals surface area contributed by atoms with E-state index in [2.05, 4.69) is 0 Å². The zero-order valence-corrected chi connectivity index (χ0v) is 9.61. The summed E-state index contributed by atoms with van der Waals surface area (Å²) in [6, 6.07) is 5.16. The van der Waals surface area contributed by atoms with Gasteiger partial charge in [-0.25, -0.2) is 0 Å². The van der Waals surface area contributed by atoms with Gasteiger partial charge in [0.1, 0.15) is 0 Å². The summed E-state index contributed by atoms with van der Waals surface area (Å²) in [6.45, 7) is 2.70. The molecule has 2 heteroatoms. The third kappa shape index (κ3) is 4.82. The summed E-state index contributed by atoms with van der Waals surface area (Å²) in [6.07, 6.45) is 10.8. The van der Waals surface area contributed by atoms with Crippen LogP contribution >= 0.6 is 0 Å². The van der Waals surface area contributed by atoms with Crippen LogP contribution in [0.4, 0.5) is 0 Å². The molecule has 1 saturated carbocycles. The second-order valence-electron chi connectivity index (χ2n) is 3.95. The van der Waals surface area contributed by atoms with Crippen LogP contribution in [0.3, 0.4) is 0 Å². The van der Waals surface area contributed by atoms with E-state index in [0.717, 1.165) is 6.54 Å². The van der Waals surface area contributed by atoms with Gasteiger partial charge in [-0.05, 0) is 13.0 Å². The van der Waals surface area contributed by atoms with Crippen LogP contribution in [0.2, 0.25) is 0 Å². The van der Waals surface area contributed by atoms with Crippen molar-refractivity contribution in [2.75, 3.05) is 0 Å². The third-order valence-electron chi connectivity index (χ3n) is 2.74. The minimum absolute atomic E-state index is 0.0694. The molecule has 0 radical (unpaired) electrons. The Kier molecular flexibility index (Phi) is 5.83. The Balaban J connectivity index is 0.000000162. The fourth-order valence-corrected chi connectivity index (χ4v) is 1.78. The lowest BCUT2D eigenvalue weighted by Gasteiger charge is -2.05. The number of aromatic nitrogens is 1. The number of hydrogen-bond donors (Lipinski definition) is 0. The van der Waals surface area contributed by atoms with Crippen LogP contribution in [0.5, 0.6) is 0 Å². The summed E-state index contributed by atoms with van der Waals surface area (Å²) in [5, 5.41) is 0. The van der Waals surface area contributed by atoms with Gasteiger partial charge < -0.3 is 4.57 Å². The zero-order valence-electron chi connectivity index (χ0n) is 9.61. The Morgan fingerprint density at radius 3 is 1.93 bits per heavy atom. The van der Waals surface area contributed by atoms with Crippen LogP contribution in [0.25, 0.3) is 0 Å². The minimum atomic E-state index is 0.0694. The summed E-state index contributed by atoms with van der Waals surface area (Å²) in [5.74, 6) is 0. The second kappa shape index (κ2) is 7.27. The number of pyridine rings is 1. The molecule has 1 aromatic rings. The van der Waals surface area contributed by atoms with E-state index >= 15 is 0 Å². The van der Waals surface area contributed by atoms with Crippen LogP contribution in [0.1, 0.15) is 45.4 Å². The van der Waals surface area contributed by atoms with E-state index in [-0.39, 0.29) is 5.56 Å². The smallest absolute Gasteiger partial charge is 0.250 e. The number of aryl methyl sites for hydroxylation is 1. The molecule has 1 aliphatic rings. The van der Waals surface area contributed by atoms with Gasteiger partial charge in [-0.2, -0.15) is 0 Å². The fourth-order valence-electron chi connectivity index (χ4n) is 1.78. The molecule has 0 bridgehead atoms. The van der Waals surface area contributed by atoms with E-state index in [1.54, 1.807) is 22.9 Å². The summed E-state index contributed by atoms with van der Waals surface area (Å²) in [4.78, 5) is 10.8. The van der Waals surface area contributed by atoms with Gasteiger partial charge in [0.25, 0.3) is 0 Å². The molecule has 0 unspecified atom stereocenters. The average molecular weight is 207 g/mol. The minimum Gasteiger partial charge on any atom is -0.316 e. The SMILES string of the molecule is C1CCCCC1.CCn1ccccc1=O. The van der Waals surface area contributed by atoms with Crippen molar-refractivity contribution >= 4 is 0 Å². The highest BCUT2D eigenvalue weighted by Crippen LogP contribution is 2.15. The summed E-state index contributed by atoms with van der Waals surface area (Å²) < 4.78 is 1.65. The first-order valence-corrected chi connectivity index (χ1v) is 6.00. The van der Waals surface area contributed by atoms with Gasteiger partial charge in [-0.3, -0.25) is 4.79 Å². The monoisotopic (exact) mass is 207 g/mol. The highest BCUT2D eigenvalue weighted by molar-refractivity contribution is 4.92. The van der Waals surface area contributed by atoms with Gasteiger partial charge in [0.2, 0.25) is 5.56 Å². The molecule has 0 amide bonds. The van der Waals surface area contributed by atoms with Crippen LogP contribution in [0.15, 0.2) is 29.2 Å². The van der Waals surface area contributed by atoms with Gasteiger partial charge >= 0.3 is 0 Å². The first-order chi connectivity index (χ1) is 7.34. The summed E-state index contributed by atoms with van der Waals surface area (Å²) in [7, 11) is 0. The Bertz CT molecular complexity index is 301. The standard InChI is InChI=1S/C7H9NO.C6H12/c1-2-8-6-4-3-5-7(8)9;1-2-4-6-5-3-1/h3-6H,2H2,1H3;1-6H2. The molecular formula is C13H21NO. The molecule has 0 aliphatic heterocycles. The topological polar surface area (TPSA) is 22.0 Å². The van der Waals surface area contributed by atoms with Crippen molar-refractivity contribution in [1.29, 1.82) is 0 Å². The van der Waals surface area contributed by atoms with Crippen molar-refractivity contribution in [1.82, 2.24) is 4.57 Å². The Hall–Kier alpha value is -1.05. The molecule has 2 nitrogen and oxygen atoms in total. The fraction of sp³-hybridized carbons (Fsp3) is 0.615. The predicted octanol–water partition coefficient (Wildman–Crippen LogP) is 3.21. The molecule has 1 heterocycles. The molecular weight excluding hydrogens is 186 g/mol. The number of nitrogens with zero attached hydrogens (tertiary/aromatic N) is 1. The lowest BCUT2D eigenvalue weighted by atomic mass is 10.0. The van der Waals surface area contributed by atoms with Crippen molar-refractivity contribution in [3.8, 4) is 0 Å². The van der Waals surface area contributed by atoms with E-state index in [0.29, 0.717) is 0 Å². The van der Waals surface area contributed by atoms with Crippen LogP contribution in [0, 0.1) is 0 Å². The molecule has 15 heavy (non-hydrogen) atoms. The molecule has 2 rings (SSSR count). The maximum Gasteiger partial charge on any atom is 0.250 e. The quantitative estimate of drug-likeness (QED) is 0.693. The highest BCUT2D eigenvalue weighted by Gasteiger charge is 1.95. The number of rotatable bonds is 1. The third-order valence-corrected chi connectivity index (χ3v) is 2.74. The Morgan fingerprint density at radius 2 is 1.60 bits per heavy atom.